The largest absolute Gasteiger partial charge is 0.491 e. The summed E-state index contributed by atoms with van der Waals surface area (Å²) in [6.45, 7) is 4.70. The molecule has 5 nitrogen and oxygen atoms in total. The van der Waals surface area contributed by atoms with Crippen molar-refractivity contribution in [1.29, 1.82) is 0 Å². The smallest absolute Gasteiger partial charge is 0.214 e. The van der Waals surface area contributed by atoms with E-state index in [2.05, 4.69) is 15.6 Å². The molecule has 96 valence electrons. The van der Waals surface area contributed by atoms with Gasteiger partial charge in [-0.3, -0.25) is 5.10 Å². The first kappa shape index (κ1) is 12.6. The Morgan fingerprint density at radius 2 is 2.11 bits per heavy atom. The predicted octanol–water partition coefficient (Wildman–Crippen LogP) is 2.47. The highest BCUT2D eigenvalue weighted by molar-refractivity contribution is 7.71. The van der Waals surface area contributed by atoms with Crippen LogP contribution in [-0.4, -0.2) is 21.0 Å². The molecule has 0 atom stereocenters. The van der Waals surface area contributed by atoms with E-state index in [0.717, 1.165) is 11.3 Å². The van der Waals surface area contributed by atoms with Crippen LogP contribution in [0.4, 0.5) is 0 Å². The number of nitrogens with one attached hydrogen (secondary N) is 2. The molecule has 1 aromatic heterocycles. The highest BCUT2D eigenvalue weighted by Crippen LogP contribution is 2.13. The third-order valence-electron chi connectivity index (χ3n) is 2.30. The van der Waals surface area contributed by atoms with Crippen LogP contribution in [0.25, 0.3) is 0 Å². The Hall–Kier alpha value is -1.82. The molecule has 2 N–H and O–H groups in total. The Labute approximate surface area is 111 Å². The first-order chi connectivity index (χ1) is 8.65. The SMILES string of the molecule is CC(C)Oc1ccc(CNn2cn[nH]c2=S)cc1. The van der Waals surface area contributed by atoms with Crippen LogP contribution >= 0.6 is 12.2 Å². The van der Waals surface area contributed by atoms with Gasteiger partial charge in [0.25, 0.3) is 0 Å². The molecule has 0 bridgehead atoms. The van der Waals surface area contributed by atoms with Crippen molar-refractivity contribution in [3.8, 4) is 5.75 Å². The maximum atomic E-state index is 5.58. The van der Waals surface area contributed by atoms with Crippen LogP contribution in [0.15, 0.2) is 30.6 Å². The molecular weight excluding hydrogens is 248 g/mol. The quantitative estimate of drug-likeness (QED) is 0.815. The van der Waals surface area contributed by atoms with Gasteiger partial charge in [0, 0.05) is 0 Å². The van der Waals surface area contributed by atoms with E-state index in [0.29, 0.717) is 11.3 Å². The van der Waals surface area contributed by atoms with Crippen LogP contribution < -0.4 is 10.2 Å². The summed E-state index contributed by atoms with van der Waals surface area (Å²) in [4.78, 5) is 0. The van der Waals surface area contributed by atoms with E-state index in [1.54, 1.807) is 11.0 Å². The summed E-state index contributed by atoms with van der Waals surface area (Å²) in [5, 5.41) is 6.51. The van der Waals surface area contributed by atoms with E-state index in [4.69, 9.17) is 17.0 Å². The lowest BCUT2D eigenvalue weighted by Crippen LogP contribution is -2.13. The van der Waals surface area contributed by atoms with Crippen molar-refractivity contribution in [2.45, 2.75) is 26.5 Å². The van der Waals surface area contributed by atoms with Crippen molar-refractivity contribution in [2.75, 3.05) is 5.43 Å². The fraction of sp³-hybridized carbons (Fsp3) is 0.333. The van der Waals surface area contributed by atoms with Crippen molar-refractivity contribution < 1.29 is 4.74 Å². The second kappa shape index (κ2) is 5.68. The average molecular weight is 264 g/mol. The topological polar surface area (TPSA) is 54.9 Å². The normalized spacial score (nSPS) is 10.6. The lowest BCUT2D eigenvalue weighted by atomic mass is 10.2. The Morgan fingerprint density at radius 3 is 2.67 bits per heavy atom. The monoisotopic (exact) mass is 264 g/mol. The van der Waals surface area contributed by atoms with Crippen molar-refractivity contribution >= 4 is 12.2 Å². The molecule has 0 aliphatic rings. The molecule has 0 aliphatic heterocycles. The molecule has 18 heavy (non-hydrogen) atoms. The predicted molar refractivity (Wildman–Crippen MR) is 72.7 cm³/mol. The summed E-state index contributed by atoms with van der Waals surface area (Å²) in [7, 11) is 0. The third kappa shape index (κ3) is 3.33. The summed E-state index contributed by atoms with van der Waals surface area (Å²) >= 11 is 5.03. The van der Waals surface area contributed by atoms with Crippen molar-refractivity contribution in [2.24, 2.45) is 0 Å². The van der Waals surface area contributed by atoms with Gasteiger partial charge in [-0.1, -0.05) is 12.1 Å². The van der Waals surface area contributed by atoms with Crippen LogP contribution in [0.2, 0.25) is 0 Å². The minimum absolute atomic E-state index is 0.193. The molecule has 2 rings (SSSR count). The van der Waals surface area contributed by atoms with E-state index >= 15 is 0 Å². The zero-order valence-electron chi connectivity index (χ0n) is 10.4. The maximum absolute atomic E-state index is 5.58. The van der Waals surface area contributed by atoms with Gasteiger partial charge in [-0.15, -0.1) is 0 Å². The number of hydrogen-bond donors (Lipinski definition) is 2. The molecule has 1 heterocycles. The van der Waals surface area contributed by atoms with Crippen LogP contribution in [0.1, 0.15) is 19.4 Å². The fourth-order valence-corrected chi connectivity index (χ4v) is 1.66. The van der Waals surface area contributed by atoms with Gasteiger partial charge in [0.15, 0.2) is 0 Å². The van der Waals surface area contributed by atoms with Gasteiger partial charge in [0.05, 0.1) is 12.6 Å². The molecule has 0 saturated carbocycles. The van der Waals surface area contributed by atoms with Crippen LogP contribution in [0.3, 0.4) is 0 Å². The van der Waals surface area contributed by atoms with E-state index in [-0.39, 0.29) is 6.10 Å². The summed E-state index contributed by atoms with van der Waals surface area (Å²) in [6, 6.07) is 7.97. The lowest BCUT2D eigenvalue weighted by molar-refractivity contribution is 0.242. The van der Waals surface area contributed by atoms with Crippen molar-refractivity contribution in [3.05, 3.63) is 40.9 Å². The second-order valence-corrected chi connectivity index (χ2v) is 4.56. The number of nitrogens with zero attached hydrogens (tertiary/aromatic N) is 2. The summed E-state index contributed by atoms with van der Waals surface area (Å²) < 4.78 is 7.81. The first-order valence-electron chi connectivity index (χ1n) is 5.76. The highest BCUT2D eigenvalue weighted by Gasteiger charge is 1.98. The molecular formula is C12H16N4OS. The minimum Gasteiger partial charge on any atom is -0.491 e. The van der Waals surface area contributed by atoms with Crippen LogP contribution in [-0.2, 0) is 6.54 Å². The minimum atomic E-state index is 0.193. The highest BCUT2D eigenvalue weighted by atomic mass is 32.1. The molecule has 0 aliphatic carbocycles. The number of aromatic nitrogens is 3. The Balaban J connectivity index is 1.94. The zero-order chi connectivity index (χ0) is 13.0. The van der Waals surface area contributed by atoms with Gasteiger partial charge in [0.2, 0.25) is 4.77 Å². The Kier molecular flexibility index (Phi) is 3.99. The van der Waals surface area contributed by atoms with Gasteiger partial charge < -0.3 is 10.2 Å². The fourth-order valence-electron chi connectivity index (χ4n) is 1.50. The van der Waals surface area contributed by atoms with Crippen LogP contribution in [0, 0.1) is 4.77 Å². The number of H-pyrrole nitrogens is 1. The van der Waals surface area contributed by atoms with E-state index < -0.39 is 0 Å². The molecule has 0 unspecified atom stereocenters. The van der Waals surface area contributed by atoms with E-state index in [9.17, 15) is 0 Å². The zero-order valence-corrected chi connectivity index (χ0v) is 11.2. The van der Waals surface area contributed by atoms with Gasteiger partial charge in [0.1, 0.15) is 12.1 Å². The van der Waals surface area contributed by atoms with E-state index in [1.165, 1.54) is 0 Å². The van der Waals surface area contributed by atoms with Gasteiger partial charge >= 0.3 is 0 Å². The third-order valence-corrected chi connectivity index (χ3v) is 2.59. The molecule has 0 amide bonds. The molecule has 0 fully saturated rings. The van der Waals surface area contributed by atoms with Gasteiger partial charge in [-0.05, 0) is 43.8 Å². The Bertz CT molecular complexity index is 544. The lowest BCUT2D eigenvalue weighted by Gasteiger charge is -2.10. The number of aromatic amines is 1. The van der Waals surface area contributed by atoms with Gasteiger partial charge in [-0.25, -0.2) is 4.68 Å². The maximum Gasteiger partial charge on any atom is 0.214 e. The second-order valence-electron chi connectivity index (χ2n) is 4.18. The average Bonchev–Trinajstić information content (AvgIpc) is 2.73. The van der Waals surface area contributed by atoms with Crippen LogP contribution in [0.5, 0.6) is 5.75 Å². The summed E-state index contributed by atoms with van der Waals surface area (Å²) in [6.07, 6.45) is 1.80. The van der Waals surface area contributed by atoms with Crippen molar-refractivity contribution in [3.63, 3.8) is 0 Å². The number of benzene rings is 1. The standard InChI is InChI=1S/C12H16N4OS/c1-9(2)17-11-5-3-10(4-6-11)7-14-16-8-13-15-12(16)18/h3-6,8-9,14H,7H2,1-2H3,(H,15,18). The summed E-state index contributed by atoms with van der Waals surface area (Å²) in [5.41, 5.74) is 4.29. The Morgan fingerprint density at radius 1 is 1.39 bits per heavy atom. The van der Waals surface area contributed by atoms with Crippen molar-refractivity contribution in [1.82, 2.24) is 14.9 Å². The molecule has 0 radical (unpaired) electrons. The number of ether oxygens (including phenoxy) is 1. The molecule has 6 heteroatoms. The van der Waals surface area contributed by atoms with E-state index in [1.807, 2.05) is 38.1 Å². The van der Waals surface area contributed by atoms with Gasteiger partial charge in [-0.2, -0.15) is 5.10 Å². The molecule has 1 aromatic carbocycles. The molecule has 2 aromatic rings. The number of hydrogen-bond acceptors (Lipinski definition) is 4. The molecule has 0 spiro atoms. The molecule has 0 saturated heterocycles. The first-order valence-corrected chi connectivity index (χ1v) is 6.17. The summed E-state index contributed by atoms with van der Waals surface area (Å²) in [5.74, 6) is 0.883. The number of rotatable bonds is 5.